The van der Waals surface area contributed by atoms with Crippen molar-refractivity contribution in [3.63, 3.8) is 0 Å². The van der Waals surface area contributed by atoms with Crippen molar-refractivity contribution in [3.05, 3.63) is 53.9 Å². The third kappa shape index (κ3) is 4.43. The number of aromatic nitrogens is 2. The number of carbonyl (C=O) groups excluding carboxylic acids is 1. The molecule has 3 N–H and O–H groups in total. The van der Waals surface area contributed by atoms with E-state index in [9.17, 15) is 9.90 Å². The highest BCUT2D eigenvalue weighted by atomic mass is 16.3. The van der Waals surface area contributed by atoms with Gasteiger partial charge in [0.1, 0.15) is 5.69 Å². The number of β-amino-alcohol motifs (C(OH)–C–C–N with tert-alkyl or cyclic N) is 1. The number of piperidine rings is 1. The third-order valence-electron chi connectivity index (χ3n) is 4.62. The van der Waals surface area contributed by atoms with Crippen molar-refractivity contribution >= 4 is 5.91 Å². The first kappa shape index (κ1) is 16.7. The minimum Gasteiger partial charge on any atom is -0.387 e. The Hall–Kier alpha value is -2.18. The molecule has 1 atom stereocenters. The third-order valence-corrected chi connectivity index (χ3v) is 4.62. The molecule has 3 rings (SSSR count). The fourth-order valence-electron chi connectivity index (χ4n) is 3.11. The molecule has 0 aliphatic carbocycles. The number of amides is 1. The van der Waals surface area contributed by atoms with Crippen molar-refractivity contribution in [1.29, 1.82) is 0 Å². The first-order chi connectivity index (χ1) is 11.7. The van der Waals surface area contributed by atoms with Crippen LogP contribution in [0.25, 0.3) is 0 Å². The van der Waals surface area contributed by atoms with Gasteiger partial charge in [-0.25, -0.2) is 0 Å². The smallest absolute Gasteiger partial charge is 0.269 e. The first-order valence-corrected chi connectivity index (χ1v) is 8.45. The SMILES string of the molecule is O=C(NCC1CCN(CC(O)c2ccccc2)CC1)c1ccn[nH]1. The number of H-pyrrole nitrogens is 1. The van der Waals surface area contributed by atoms with Crippen LogP contribution in [-0.2, 0) is 0 Å². The van der Waals surface area contributed by atoms with E-state index in [4.69, 9.17) is 0 Å². The summed E-state index contributed by atoms with van der Waals surface area (Å²) in [5.74, 6) is 0.386. The van der Waals surface area contributed by atoms with E-state index in [0.29, 0.717) is 24.7 Å². The van der Waals surface area contributed by atoms with Crippen LogP contribution in [0.5, 0.6) is 0 Å². The van der Waals surface area contributed by atoms with Crippen LogP contribution in [0.2, 0.25) is 0 Å². The van der Waals surface area contributed by atoms with Gasteiger partial charge < -0.3 is 15.3 Å². The van der Waals surface area contributed by atoms with Crippen LogP contribution in [0.15, 0.2) is 42.6 Å². The van der Waals surface area contributed by atoms with Crippen LogP contribution in [0.4, 0.5) is 0 Å². The summed E-state index contributed by atoms with van der Waals surface area (Å²) in [7, 11) is 0. The fourth-order valence-corrected chi connectivity index (χ4v) is 3.11. The van der Waals surface area contributed by atoms with Gasteiger partial charge in [0, 0.05) is 19.3 Å². The molecule has 1 aromatic heterocycles. The maximum Gasteiger partial charge on any atom is 0.269 e. The Morgan fingerprint density at radius 3 is 2.71 bits per heavy atom. The Bertz CT molecular complexity index is 622. The maximum atomic E-state index is 11.9. The van der Waals surface area contributed by atoms with Crippen LogP contribution in [-0.4, -0.2) is 52.3 Å². The normalized spacial score (nSPS) is 17.5. The van der Waals surface area contributed by atoms with Crippen molar-refractivity contribution in [2.45, 2.75) is 18.9 Å². The van der Waals surface area contributed by atoms with Crippen molar-refractivity contribution < 1.29 is 9.90 Å². The van der Waals surface area contributed by atoms with Crippen molar-refractivity contribution in [2.75, 3.05) is 26.2 Å². The number of hydrogen-bond donors (Lipinski definition) is 3. The number of carbonyl (C=O) groups is 1. The van der Waals surface area contributed by atoms with Crippen LogP contribution in [0.3, 0.4) is 0 Å². The Kier molecular flexibility index (Phi) is 5.61. The predicted molar refractivity (Wildman–Crippen MR) is 91.5 cm³/mol. The van der Waals surface area contributed by atoms with E-state index < -0.39 is 6.10 Å². The van der Waals surface area contributed by atoms with Gasteiger partial charge in [-0.3, -0.25) is 9.89 Å². The molecule has 128 valence electrons. The Labute approximate surface area is 141 Å². The number of benzene rings is 1. The molecule has 1 aromatic carbocycles. The van der Waals surface area contributed by atoms with Gasteiger partial charge in [0.25, 0.3) is 5.91 Å². The van der Waals surface area contributed by atoms with Gasteiger partial charge in [-0.05, 0) is 43.5 Å². The number of aromatic amines is 1. The van der Waals surface area contributed by atoms with Gasteiger partial charge in [-0.2, -0.15) is 5.10 Å². The molecule has 6 nitrogen and oxygen atoms in total. The Balaban J connectivity index is 1.39. The lowest BCUT2D eigenvalue weighted by atomic mass is 9.96. The summed E-state index contributed by atoms with van der Waals surface area (Å²) in [5, 5.41) is 19.7. The summed E-state index contributed by atoms with van der Waals surface area (Å²) in [6, 6.07) is 11.5. The van der Waals surface area contributed by atoms with Gasteiger partial charge in [0.05, 0.1) is 6.10 Å². The highest BCUT2D eigenvalue weighted by Gasteiger charge is 2.22. The van der Waals surface area contributed by atoms with E-state index in [1.54, 1.807) is 12.3 Å². The molecular formula is C18H24N4O2. The molecule has 0 spiro atoms. The zero-order chi connectivity index (χ0) is 16.8. The second-order valence-electron chi connectivity index (χ2n) is 6.35. The highest BCUT2D eigenvalue weighted by Crippen LogP contribution is 2.20. The lowest BCUT2D eigenvalue weighted by Crippen LogP contribution is -2.40. The summed E-state index contributed by atoms with van der Waals surface area (Å²) in [5.41, 5.74) is 1.46. The average Bonchev–Trinajstić information content (AvgIpc) is 3.16. The fraction of sp³-hybridized carbons (Fsp3) is 0.444. The number of aliphatic hydroxyl groups excluding tert-OH is 1. The molecular weight excluding hydrogens is 304 g/mol. The van der Waals surface area contributed by atoms with Gasteiger partial charge in [-0.1, -0.05) is 30.3 Å². The van der Waals surface area contributed by atoms with Gasteiger partial charge in [0.15, 0.2) is 0 Å². The summed E-state index contributed by atoms with van der Waals surface area (Å²) in [4.78, 5) is 14.2. The van der Waals surface area contributed by atoms with Gasteiger partial charge >= 0.3 is 0 Å². The summed E-state index contributed by atoms with van der Waals surface area (Å²) in [6.45, 7) is 3.26. The van der Waals surface area contributed by atoms with Crippen LogP contribution in [0.1, 0.15) is 35.0 Å². The molecule has 1 saturated heterocycles. The molecule has 0 radical (unpaired) electrons. The van der Waals surface area contributed by atoms with Crippen molar-refractivity contribution in [3.8, 4) is 0 Å². The average molecular weight is 328 g/mol. The number of nitrogens with one attached hydrogen (secondary N) is 2. The Morgan fingerprint density at radius 2 is 2.04 bits per heavy atom. The lowest BCUT2D eigenvalue weighted by molar-refractivity contribution is 0.0850. The predicted octanol–water partition coefficient (Wildman–Crippen LogP) is 1.59. The quantitative estimate of drug-likeness (QED) is 0.752. The molecule has 2 heterocycles. The lowest BCUT2D eigenvalue weighted by Gasteiger charge is -2.33. The summed E-state index contributed by atoms with van der Waals surface area (Å²) < 4.78 is 0. The monoisotopic (exact) mass is 328 g/mol. The second kappa shape index (κ2) is 8.08. The van der Waals surface area contributed by atoms with E-state index in [1.165, 1.54) is 0 Å². The number of rotatable bonds is 6. The number of likely N-dealkylation sites (tertiary alicyclic amines) is 1. The molecule has 1 aliphatic heterocycles. The van der Waals surface area contributed by atoms with Gasteiger partial charge in [0.2, 0.25) is 0 Å². The minimum absolute atomic E-state index is 0.102. The standard InChI is InChI=1S/C18H24N4O2/c23-17(15-4-2-1-3-5-15)13-22-10-7-14(8-11-22)12-19-18(24)16-6-9-20-21-16/h1-6,9,14,17,23H,7-8,10-13H2,(H,19,24)(H,20,21). The summed E-state index contributed by atoms with van der Waals surface area (Å²) in [6.07, 6.45) is 3.20. The Morgan fingerprint density at radius 1 is 1.29 bits per heavy atom. The first-order valence-electron chi connectivity index (χ1n) is 8.45. The maximum absolute atomic E-state index is 11.9. The molecule has 1 fully saturated rings. The molecule has 0 bridgehead atoms. The van der Waals surface area contributed by atoms with Crippen LogP contribution in [0, 0.1) is 5.92 Å². The molecule has 6 heteroatoms. The van der Waals surface area contributed by atoms with E-state index >= 15 is 0 Å². The zero-order valence-corrected chi connectivity index (χ0v) is 13.7. The topological polar surface area (TPSA) is 81.2 Å². The number of hydrogen-bond acceptors (Lipinski definition) is 4. The van der Waals surface area contributed by atoms with Gasteiger partial charge in [-0.15, -0.1) is 0 Å². The molecule has 1 amide bonds. The van der Waals surface area contributed by atoms with E-state index in [-0.39, 0.29) is 5.91 Å². The molecule has 2 aromatic rings. The van der Waals surface area contributed by atoms with E-state index in [1.807, 2.05) is 30.3 Å². The largest absolute Gasteiger partial charge is 0.387 e. The van der Waals surface area contributed by atoms with Crippen LogP contribution < -0.4 is 5.32 Å². The number of aliphatic hydroxyl groups is 1. The summed E-state index contributed by atoms with van der Waals surface area (Å²) >= 11 is 0. The molecule has 1 aliphatic rings. The minimum atomic E-state index is -0.442. The van der Waals surface area contributed by atoms with Crippen molar-refractivity contribution in [2.24, 2.45) is 5.92 Å². The number of nitrogens with zero attached hydrogens (tertiary/aromatic N) is 2. The second-order valence-corrected chi connectivity index (χ2v) is 6.35. The highest BCUT2D eigenvalue weighted by molar-refractivity contribution is 5.92. The molecule has 1 unspecified atom stereocenters. The van der Waals surface area contributed by atoms with E-state index in [0.717, 1.165) is 31.5 Å². The van der Waals surface area contributed by atoms with Crippen LogP contribution >= 0.6 is 0 Å². The zero-order valence-electron chi connectivity index (χ0n) is 13.7. The molecule has 0 saturated carbocycles. The van der Waals surface area contributed by atoms with E-state index in [2.05, 4.69) is 20.4 Å². The molecule has 24 heavy (non-hydrogen) atoms. The van der Waals surface area contributed by atoms with Crippen molar-refractivity contribution in [1.82, 2.24) is 20.4 Å².